The van der Waals surface area contributed by atoms with E-state index in [0.717, 1.165) is 18.1 Å². The Morgan fingerprint density at radius 3 is 2.94 bits per heavy atom. The molecule has 0 spiro atoms. The summed E-state index contributed by atoms with van der Waals surface area (Å²) in [6.45, 7) is 5.94. The van der Waals surface area contributed by atoms with Crippen LogP contribution in [0, 0.1) is 0 Å². The van der Waals surface area contributed by atoms with Crippen molar-refractivity contribution in [3.63, 3.8) is 0 Å². The van der Waals surface area contributed by atoms with Crippen molar-refractivity contribution in [2.45, 2.75) is 33.0 Å². The summed E-state index contributed by atoms with van der Waals surface area (Å²) in [5.41, 5.74) is 2.40. The quantitative estimate of drug-likeness (QED) is 0.896. The summed E-state index contributed by atoms with van der Waals surface area (Å²) in [7, 11) is 0. The molecule has 1 aromatic heterocycles. The Bertz CT molecular complexity index is 507. The third kappa shape index (κ3) is 3.12. The second-order valence-electron chi connectivity index (χ2n) is 4.30. The molecule has 96 valence electrons. The predicted molar refractivity (Wildman–Crippen MR) is 74.6 cm³/mol. The van der Waals surface area contributed by atoms with Crippen LogP contribution in [0.5, 0.6) is 0 Å². The van der Waals surface area contributed by atoms with Gasteiger partial charge in [-0.25, -0.2) is 0 Å². The van der Waals surface area contributed by atoms with Gasteiger partial charge in [-0.05, 0) is 37.6 Å². The highest BCUT2D eigenvalue weighted by Gasteiger charge is 2.07. The Balaban J connectivity index is 1.98. The van der Waals surface area contributed by atoms with Crippen LogP contribution >= 0.6 is 11.6 Å². The van der Waals surface area contributed by atoms with E-state index < -0.39 is 0 Å². The van der Waals surface area contributed by atoms with Crippen molar-refractivity contribution in [1.29, 1.82) is 0 Å². The van der Waals surface area contributed by atoms with Crippen LogP contribution in [0.2, 0.25) is 5.02 Å². The summed E-state index contributed by atoms with van der Waals surface area (Å²) in [5.74, 6) is 0. The van der Waals surface area contributed by atoms with Gasteiger partial charge in [-0.3, -0.25) is 4.68 Å². The summed E-state index contributed by atoms with van der Waals surface area (Å²) in [6.07, 6.45) is 1.84. The number of aryl methyl sites for hydroxylation is 1. The lowest BCUT2D eigenvalue weighted by Crippen LogP contribution is -2.20. The van der Waals surface area contributed by atoms with Crippen LogP contribution in [0.4, 0.5) is 0 Å². The topological polar surface area (TPSA) is 29.9 Å². The third-order valence-corrected chi connectivity index (χ3v) is 3.28. The van der Waals surface area contributed by atoms with Crippen LogP contribution < -0.4 is 5.32 Å². The summed E-state index contributed by atoms with van der Waals surface area (Å²) in [4.78, 5) is 0. The highest BCUT2D eigenvalue weighted by atomic mass is 35.5. The third-order valence-electron chi connectivity index (χ3n) is 3.04. The number of nitrogens with one attached hydrogen (secondary N) is 1. The molecule has 0 radical (unpaired) electrons. The molecule has 0 fully saturated rings. The minimum absolute atomic E-state index is 0.268. The number of hydrogen-bond donors (Lipinski definition) is 1. The van der Waals surface area contributed by atoms with Gasteiger partial charge in [0.1, 0.15) is 0 Å². The number of halogens is 1. The summed E-state index contributed by atoms with van der Waals surface area (Å²) in [6, 6.07) is 10.3. The Morgan fingerprint density at radius 2 is 2.22 bits per heavy atom. The molecule has 3 nitrogen and oxygen atoms in total. The Hall–Kier alpha value is -1.32. The van der Waals surface area contributed by atoms with Crippen molar-refractivity contribution in [2.75, 3.05) is 0 Å². The van der Waals surface area contributed by atoms with Crippen molar-refractivity contribution in [1.82, 2.24) is 15.1 Å². The Kier molecular flexibility index (Phi) is 4.39. The highest BCUT2D eigenvalue weighted by molar-refractivity contribution is 6.30. The molecule has 1 unspecified atom stereocenters. The maximum atomic E-state index is 5.99. The van der Waals surface area contributed by atoms with Crippen molar-refractivity contribution in [2.24, 2.45) is 0 Å². The lowest BCUT2D eigenvalue weighted by Gasteiger charge is -2.15. The molecule has 0 bridgehead atoms. The molecule has 1 aromatic carbocycles. The largest absolute Gasteiger partial charge is 0.305 e. The summed E-state index contributed by atoms with van der Waals surface area (Å²) in [5, 5.41) is 8.52. The van der Waals surface area contributed by atoms with Gasteiger partial charge < -0.3 is 5.32 Å². The van der Waals surface area contributed by atoms with E-state index in [2.05, 4.69) is 30.3 Å². The number of nitrogens with zero attached hydrogens (tertiary/aromatic N) is 2. The van der Waals surface area contributed by atoms with Crippen LogP contribution in [0.15, 0.2) is 36.5 Å². The maximum Gasteiger partial charge on any atom is 0.0522 e. The predicted octanol–water partition coefficient (Wildman–Crippen LogP) is 3.41. The lowest BCUT2D eigenvalue weighted by molar-refractivity contribution is 0.531. The summed E-state index contributed by atoms with van der Waals surface area (Å²) >= 11 is 5.99. The average Bonchev–Trinajstić information content (AvgIpc) is 2.83. The van der Waals surface area contributed by atoms with Crippen molar-refractivity contribution >= 4 is 11.6 Å². The summed E-state index contributed by atoms with van der Waals surface area (Å²) < 4.78 is 2.00. The SMILES string of the molecule is CCn1nccc1CNC(C)c1cccc(Cl)c1. The van der Waals surface area contributed by atoms with Crippen LogP contribution in [0.3, 0.4) is 0 Å². The van der Waals surface area contributed by atoms with E-state index >= 15 is 0 Å². The molecule has 4 heteroatoms. The second-order valence-corrected chi connectivity index (χ2v) is 4.73. The Labute approximate surface area is 113 Å². The minimum atomic E-state index is 0.268. The molecule has 0 aliphatic heterocycles. The maximum absolute atomic E-state index is 5.99. The minimum Gasteiger partial charge on any atom is -0.305 e. The molecule has 0 aliphatic rings. The van der Waals surface area contributed by atoms with E-state index in [9.17, 15) is 0 Å². The van der Waals surface area contributed by atoms with E-state index in [0.29, 0.717) is 0 Å². The van der Waals surface area contributed by atoms with Gasteiger partial charge in [0.2, 0.25) is 0 Å². The molecule has 0 saturated carbocycles. The van der Waals surface area contributed by atoms with Gasteiger partial charge in [0.25, 0.3) is 0 Å². The molecule has 2 aromatic rings. The fourth-order valence-corrected chi connectivity index (χ4v) is 2.15. The van der Waals surface area contributed by atoms with E-state index in [4.69, 9.17) is 11.6 Å². The molecule has 2 rings (SSSR count). The van der Waals surface area contributed by atoms with Gasteiger partial charge >= 0.3 is 0 Å². The van der Waals surface area contributed by atoms with Gasteiger partial charge in [-0.15, -0.1) is 0 Å². The Morgan fingerprint density at radius 1 is 1.39 bits per heavy atom. The average molecular weight is 264 g/mol. The van der Waals surface area contributed by atoms with E-state index in [-0.39, 0.29) is 6.04 Å². The van der Waals surface area contributed by atoms with Crippen LogP contribution in [0.25, 0.3) is 0 Å². The first-order chi connectivity index (χ1) is 8.70. The van der Waals surface area contributed by atoms with Gasteiger partial charge in [0.15, 0.2) is 0 Å². The zero-order chi connectivity index (χ0) is 13.0. The van der Waals surface area contributed by atoms with E-state index in [1.54, 1.807) is 0 Å². The molecule has 1 heterocycles. The molecule has 1 atom stereocenters. The van der Waals surface area contributed by atoms with Crippen molar-refractivity contribution in [3.8, 4) is 0 Å². The molecule has 0 saturated heterocycles. The number of benzene rings is 1. The standard InChI is InChI=1S/C14H18ClN3/c1-3-18-14(7-8-17-18)10-16-11(2)12-5-4-6-13(15)9-12/h4-9,11,16H,3,10H2,1-2H3. The van der Waals surface area contributed by atoms with Gasteiger partial charge in [-0.2, -0.15) is 5.10 Å². The molecule has 0 amide bonds. The van der Waals surface area contributed by atoms with Crippen LogP contribution in [-0.2, 0) is 13.1 Å². The number of hydrogen-bond acceptors (Lipinski definition) is 2. The smallest absolute Gasteiger partial charge is 0.0522 e. The normalized spacial score (nSPS) is 12.6. The zero-order valence-corrected chi connectivity index (χ0v) is 11.5. The van der Waals surface area contributed by atoms with Gasteiger partial charge in [-0.1, -0.05) is 23.7 Å². The second kappa shape index (κ2) is 6.03. The molecule has 0 aliphatic carbocycles. The number of rotatable bonds is 5. The highest BCUT2D eigenvalue weighted by Crippen LogP contribution is 2.17. The van der Waals surface area contributed by atoms with Crippen molar-refractivity contribution in [3.05, 3.63) is 52.8 Å². The lowest BCUT2D eigenvalue weighted by atomic mass is 10.1. The molecule has 18 heavy (non-hydrogen) atoms. The van der Waals surface area contributed by atoms with Crippen LogP contribution in [-0.4, -0.2) is 9.78 Å². The fourth-order valence-electron chi connectivity index (χ4n) is 1.95. The monoisotopic (exact) mass is 263 g/mol. The first kappa shape index (κ1) is 13.1. The van der Waals surface area contributed by atoms with Crippen LogP contribution in [0.1, 0.15) is 31.1 Å². The molecule has 1 N–H and O–H groups in total. The van der Waals surface area contributed by atoms with E-state index in [1.807, 2.05) is 35.1 Å². The fraction of sp³-hybridized carbons (Fsp3) is 0.357. The first-order valence-corrected chi connectivity index (χ1v) is 6.58. The van der Waals surface area contributed by atoms with Gasteiger partial charge in [0.05, 0.1) is 5.69 Å². The molecular formula is C14H18ClN3. The first-order valence-electron chi connectivity index (χ1n) is 6.20. The number of aromatic nitrogens is 2. The van der Waals surface area contributed by atoms with Crippen molar-refractivity contribution < 1.29 is 0 Å². The van der Waals surface area contributed by atoms with Gasteiger partial charge in [0, 0.05) is 30.4 Å². The van der Waals surface area contributed by atoms with E-state index in [1.165, 1.54) is 11.3 Å². The molecular weight excluding hydrogens is 246 g/mol. The zero-order valence-electron chi connectivity index (χ0n) is 10.7.